The molecule has 0 bridgehead atoms. The first-order valence-electron chi connectivity index (χ1n) is 7.94. The second kappa shape index (κ2) is 7.81. The van der Waals surface area contributed by atoms with Crippen molar-refractivity contribution in [2.75, 3.05) is 5.32 Å². The number of nitrogens with zero attached hydrogens (tertiary/aromatic N) is 1. The van der Waals surface area contributed by atoms with Gasteiger partial charge in [-0.15, -0.1) is 0 Å². The van der Waals surface area contributed by atoms with Gasteiger partial charge in [-0.3, -0.25) is 9.89 Å². The number of hydrogen-bond donors (Lipinski definition) is 2. The Morgan fingerprint density at radius 2 is 1.81 bits per heavy atom. The number of hydrogen-bond acceptors (Lipinski definition) is 5. The number of amides is 1. The molecule has 0 fully saturated rings. The number of alkyl halides is 2. The van der Waals surface area contributed by atoms with E-state index in [4.69, 9.17) is 4.74 Å². The molecule has 3 aromatic rings. The van der Waals surface area contributed by atoms with Crippen molar-refractivity contribution in [1.82, 2.24) is 10.2 Å². The molecule has 1 amide bonds. The van der Waals surface area contributed by atoms with E-state index >= 15 is 0 Å². The Kier molecular flexibility index (Phi) is 5.30. The van der Waals surface area contributed by atoms with Crippen LogP contribution >= 0.6 is 0 Å². The molecule has 0 radical (unpaired) electrons. The van der Waals surface area contributed by atoms with Crippen molar-refractivity contribution < 1.29 is 27.8 Å². The molecule has 27 heavy (non-hydrogen) atoms. The highest BCUT2D eigenvalue weighted by Gasteiger charge is 2.23. The molecule has 2 aromatic carbocycles. The zero-order chi connectivity index (χ0) is 19.4. The number of halogens is 2. The Bertz CT molecular complexity index is 974. The van der Waals surface area contributed by atoms with E-state index in [9.17, 15) is 18.4 Å². The van der Waals surface area contributed by atoms with Gasteiger partial charge in [-0.2, -0.15) is 13.9 Å². The molecule has 9 heteroatoms. The number of fused-ring (bicyclic) bond motifs is 1. The highest BCUT2D eigenvalue weighted by molar-refractivity contribution is 6.03. The van der Waals surface area contributed by atoms with E-state index in [0.717, 1.165) is 0 Å². The highest BCUT2D eigenvalue weighted by Crippen LogP contribution is 2.26. The van der Waals surface area contributed by atoms with Gasteiger partial charge in [0.05, 0.1) is 11.2 Å². The zero-order valence-electron chi connectivity index (χ0n) is 14.1. The topological polar surface area (TPSA) is 93.3 Å². The van der Waals surface area contributed by atoms with Gasteiger partial charge in [0.2, 0.25) is 0 Å². The first-order valence-corrected chi connectivity index (χ1v) is 7.94. The number of benzene rings is 2. The molecule has 0 spiro atoms. The monoisotopic (exact) mass is 375 g/mol. The molecule has 1 heterocycles. The number of esters is 1. The van der Waals surface area contributed by atoms with Crippen LogP contribution in [0.5, 0.6) is 5.75 Å². The largest absolute Gasteiger partial charge is 0.448 e. The van der Waals surface area contributed by atoms with Crippen molar-refractivity contribution in [1.29, 1.82) is 0 Å². The third-order valence-electron chi connectivity index (χ3n) is 3.68. The van der Waals surface area contributed by atoms with Gasteiger partial charge in [-0.1, -0.05) is 30.3 Å². The summed E-state index contributed by atoms with van der Waals surface area (Å²) in [6.07, 6.45) is -1.19. The maximum absolute atomic E-state index is 12.4. The molecule has 140 valence electrons. The second-order valence-electron chi connectivity index (χ2n) is 5.53. The van der Waals surface area contributed by atoms with Crippen LogP contribution in [0.3, 0.4) is 0 Å². The van der Waals surface area contributed by atoms with E-state index in [-0.39, 0.29) is 17.1 Å². The highest BCUT2D eigenvalue weighted by atomic mass is 19.3. The van der Waals surface area contributed by atoms with Crippen LogP contribution in [0.25, 0.3) is 10.9 Å². The third kappa shape index (κ3) is 4.20. The number of H-pyrrole nitrogens is 1. The fourth-order valence-corrected chi connectivity index (χ4v) is 2.39. The first-order chi connectivity index (χ1) is 13.0. The van der Waals surface area contributed by atoms with Gasteiger partial charge in [0.15, 0.2) is 11.8 Å². The van der Waals surface area contributed by atoms with Gasteiger partial charge >= 0.3 is 12.6 Å². The lowest BCUT2D eigenvalue weighted by atomic mass is 10.2. The number of anilines is 1. The van der Waals surface area contributed by atoms with Crippen molar-refractivity contribution >= 4 is 28.5 Å². The number of nitrogens with one attached hydrogen (secondary N) is 2. The summed E-state index contributed by atoms with van der Waals surface area (Å²) in [6.45, 7) is -1.68. The number of rotatable bonds is 6. The van der Waals surface area contributed by atoms with Crippen LogP contribution in [-0.4, -0.2) is 34.8 Å². The van der Waals surface area contributed by atoms with Crippen LogP contribution < -0.4 is 10.1 Å². The van der Waals surface area contributed by atoms with Crippen molar-refractivity contribution in [3.63, 3.8) is 0 Å². The van der Waals surface area contributed by atoms with Gasteiger partial charge < -0.3 is 14.8 Å². The van der Waals surface area contributed by atoms with Crippen LogP contribution in [0.2, 0.25) is 0 Å². The summed E-state index contributed by atoms with van der Waals surface area (Å²) in [5.74, 6) is -1.68. The normalized spacial score (nSPS) is 12.0. The van der Waals surface area contributed by atoms with Crippen LogP contribution in [0.4, 0.5) is 14.5 Å². The molecule has 0 saturated heterocycles. The first kappa shape index (κ1) is 18.3. The van der Waals surface area contributed by atoms with Crippen LogP contribution in [-0.2, 0) is 9.53 Å². The minimum absolute atomic E-state index is 0.0379. The molecular weight excluding hydrogens is 360 g/mol. The molecule has 0 aliphatic heterocycles. The SMILES string of the molecule is CC(OC(=O)c1n[nH]c2ccccc12)C(=O)Nc1ccccc1OC(F)F. The molecule has 3 rings (SSSR count). The minimum atomic E-state index is -3.04. The molecular formula is C18H15F2N3O4. The Labute approximate surface area is 152 Å². The summed E-state index contributed by atoms with van der Waals surface area (Å²) in [5.41, 5.74) is 0.738. The number of para-hydroxylation sites is 3. The lowest BCUT2D eigenvalue weighted by Gasteiger charge is -2.15. The van der Waals surface area contributed by atoms with E-state index in [1.807, 2.05) is 0 Å². The van der Waals surface area contributed by atoms with Gasteiger partial charge in [0.25, 0.3) is 5.91 Å². The van der Waals surface area contributed by atoms with Crippen molar-refractivity contribution in [3.05, 3.63) is 54.2 Å². The number of carbonyl (C=O) groups excluding carboxylic acids is 2. The van der Waals surface area contributed by atoms with Crippen LogP contribution in [0, 0.1) is 0 Å². The van der Waals surface area contributed by atoms with E-state index in [0.29, 0.717) is 10.9 Å². The molecule has 7 nitrogen and oxygen atoms in total. The number of ether oxygens (including phenoxy) is 2. The van der Waals surface area contributed by atoms with Crippen LogP contribution in [0.15, 0.2) is 48.5 Å². The van der Waals surface area contributed by atoms with Gasteiger partial charge in [-0.05, 0) is 25.1 Å². The van der Waals surface area contributed by atoms with E-state index in [1.165, 1.54) is 25.1 Å². The minimum Gasteiger partial charge on any atom is -0.448 e. The molecule has 0 aliphatic carbocycles. The summed E-state index contributed by atoms with van der Waals surface area (Å²) < 4.78 is 34.4. The van der Waals surface area contributed by atoms with Gasteiger partial charge in [0, 0.05) is 5.39 Å². The quantitative estimate of drug-likeness (QED) is 0.645. The van der Waals surface area contributed by atoms with Gasteiger partial charge in [0.1, 0.15) is 5.75 Å². The van der Waals surface area contributed by atoms with Gasteiger partial charge in [-0.25, -0.2) is 4.79 Å². The standard InChI is InChI=1S/C18H15F2N3O4/c1-10(16(24)21-13-8-4-5-9-14(13)27-18(19)20)26-17(25)15-11-6-2-3-7-12(11)22-23-15/h2-10,18H,1H3,(H,21,24)(H,22,23). The average Bonchev–Trinajstić information content (AvgIpc) is 3.07. The molecule has 0 aliphatic rings. The lowest BCUT2D eigenvalue weighted by Crippen LogP contribution is -2.30. The maximum Gasteiger partial charge on any atom is 0.387 e. The smallest absolute Gasteiger partial charge is 0.387 e. The Hall–Kier alpha value is -3.49. The Balaban J connectivity index is 1.68. The van der Waals surface area contributed by atoms with Crippen molar-refractivity contribution in [3.8, 4) is 5.75 Å². The van der Waals surface area contributed by atoms with E-state index in [2.05, 4.69) is 20.3 Å². The van der Waals surface area contributed by atoms with Crippen molar-refractivity contribution in [2.45, 2.75) is 19.6 Å². The predicted molar refractivity (Wildman–Crippen MR) is 92.7 cm³/mol. The average molecular weight is 375 g/mol. The van der Waals surface area contributed by atoms with Crippen LogP contribution in [0.1, 0.15) is 17.4 Å². The molecule has 1 unspecified atom stereocenters. The molecule has 2 N–H and O–H groups in total. The molecule has 1 atom stereocenters. The summed E-state index contributed by atoms with van der Waals surface area (Å²) in [6, 6.07) is 12.7. The Morgan fingerprint density at radius 3 is 2.59 bits per heavy atom. The fraction of sp³-hybridized carbons (Fsp3) is 0.167. The Morgan fingerprint density at radius 1 is 1.11 bits per heavy atom. The fourth-order valence-electron chi connectivity index (χ4n) is 2.39. The number of aromatic nitrogens is 2. The molecule has 0 saturated carbocycles. The summed E-state index contributed by atoms with van der Waals surface area (Å²) in [7, 11) is 0. The van der Waals surface area contributed by atoms with Crippen molar-refractivity contribution in [2.24, 2.45) is 0 Å². The summed E-state index contributed by atoms with van der Waals surface area (Å²) in [4.78, 5) is 24.6. The van der Waals surface area contributed by atoms with E-state index < -0.39 is 24.6 Å². The third-order valence-corrected chi connectivity index (χ3v) is 3.68. The summed E-state index contributed by atoms with van der Waals surface area (Å²) in [5, 5.41) is 9.56. The lowest BCUT2D eigenvalue weighted by molar-refractivity contribution is -0.123. The second-order valence-corrected chi connectivity index (χ2v) is 5.53. The molecule has 1 aromatic heterocycles. The maximum atomic E-state index is 12.4. The summed E-state index contributed by atoms with van der Waals surface area (Å²) >= 11 is 0. The number of carbonyl (C=O) groups is 2. The zero-order valence-corrected chi connectivity index (χ0v) is 14.1. The number of aromatic amines is 1. The van der Waals surface area contributed by atoms with E-state index in [1.54, 1.807) is 30.3 Å². The predicted octanol–water partition coefficient (Wildman–Crippen LogP) is 3.35.